The Morgan fingerprint density at radius 2 is 0.808 bits per heavy atom. The molecule has 0 aromatic heterocycles. The molecule has 2 aliphatic heterocycles. The van der Waals surface area contributed by atoms with Crippen molar-refractivity contribution in [3.63, 3.8) is 0 Å². The summed E-state index contributed by atoms with van der Waals surface area (Å²) in [5.41, 5.74) is 0. The number of hydrogen-bond donors (Lipinski definition) is 0. The quantitative estimate of drug-likeness (QED) is 0.378. The fourth-order valence-corrected chi connectivity index (χ4v) is 4.49. The van der Waals surface area contributed by atoms with Crippen molar-refractivity contribution >= 4 is 0 Å². The molecule has 2 fully saturated rings. The normalized spacial score (nSPS) is 20.8. The molecule has 0 unspecified atom stereocenters. The first-order valence-corrected chi connectivity index (χ1v) is 11.2. The number of halogens is 2. The number of piperidine rings is 2. The van der Waals surface area contributed by atoms with E-state index in [1.807, 2.05) is 0 Å². The van der Waals surface area contributed by atoms with Crippen LogP contribution in [0.3, 0.4) is 0 Å². The van der Waals surface area contributed by atoms with Gasteiger partial charge in [-0.05, 0) is 64.2 Å². The zero-order chi connectivity index (χ0) is 17.7. The van der Waals surface area contributed by atoms with Crippen LogP contribution in [0.1, 0.15) is 90.9 Å². The molecule has 26 heavy (non-hydrogen) atoms. The van der Waals surface area contributed by atoms with E-state index in [9.17, 15) is 0 Å². The van der Waals surface area contributed by atoms with Crippen molar-refractivity contribution in [2.24, 2.45) is 0 Å². The molecule has 0 bridgehead atoms. The van der Waals surface area contributed by atoms with Gasteiger partial charge in [0.05, 0.1) is 53.4 Å². The Hall–Kier alpha value is 0.500. The molecule has 0 spiro atoms. The maximum absolute atomic E-state index is 2.44. The molecule has 2 saturated heterocycles. The Bertz CT molecular complexity index is 269. The maximum atomic E-state index is 2.44. The fraction of sp³-hybridized carbons (Fsp3) is 1.00. The summed E-state index contributed by atoms with van der Waals surface area (Å²) in [5, 5.41) is 0. The van der Waals surface area contributed by atoms with E-state index in [-0.39, 0.29) is 24.8 Å². The molecule has 4 heteroatoms. The van der Waals surface area contributed by atoms with Gasteiger partial charge in [0.1, 0.15) is 0 Å². The Balaban J connectivity index is 0. The lowest BCUT2D eigenvalue weighted by molar-refractivity contribution is -0.914. The minimum atomic E-state index is 0. The molecule has 0 amide bonds. The van der Waals surface area contributed by atoms with Crippen LogP contribution in [0.25, 0.3) is 0 Å². The molecule has 2 rings (SSSR count). The van der Waals surface area contributed by atoms with E-state index < -0.39 is 0 Å². The summed E-state index contributed by atoms with van der Waals surface area (Å²) >= 11 is 0. The Kier molecular flexibility index (Phi) is 18.2. The summed E-state index contributed by atoms with van der Waals surface area (Å²) < 4.78 is 2.72. The van der Waals surface area contributed by atoms with Crippen molar-refractivity contribution in [3.05, 3.63) is 0 Å². The van der Waals surface area contributed by atoms with Crippen LogP contribution < -0.4 is 24.8 Å². The zero-order valence-corrected chi connectivity index (χ0v) is 19.9. The molecular formula is C22H48Cl2N2. The molecule has 2 nitrogen and oxygen atoms in total. The third-order valence-corrected chi connectivity index (χ3v) is 6.39. The van der Waals surface area contributed by atoms with Gasteiger partial charge in [0.15, 0.2) is 0 Å². The van der Waals surface area contributed by atoms with Crippen LogP contribution in [-0.4, -0.2) is 62.3 Å². The average Bonchev–Trinajstić information content (AvgIpc) is 2.57. The molecule has 0 aromatic rings. The Morgan fingerprint density at radius 3 is 1.08 bits per heavy atom. The molecule has 0 aromatic carbocycles. The standard InChI is InChI=1S/2C11H24N.2ClH/c2*1-3-4-6-9-12(2)10-7-5-8-11-12;;/h2*3-11H2,1-2H3;2*1H/q2*+1;;/p-2. The Labute approximate surface area is 178 Å². The highest BCUT2D eigenvalue weighted by Gasteiger charge is 2.24. The molecule has 2 heterocycles. The first-order chi connectivity index (χ1) is 11.5. The van der Waals surface area contributed by atoms with Crippen molar-refractivity contribution in [2.75, 3.05) is 53.4 Å². The number of quaternary nitrogens is 2. The summed E-state index contributed by atoms with van der Waals surface area (Å²) in [5.74, 6) is 0. The first-order valence-electron chi connectivity index (χ1n) is 11.2. The van der Waals surface area contributed by atoms with Gasteiger partial charge in [-0.2, -0.15) is 0 Å². The van der Waals surface area contributed by atoms with Gasteiger partial charge in [-0.1, -0.05) is 26.7 Å². The second-order valence-corrected chi connectivity index (χ2v) is 9.12. The Morgan fingerprint density at radius 1 is 0.500 bits per heavy atom. The predicted octanol–water partition coefficient (Wildman–Crippen LogP) is -0.378. The molecule has 0 N–H and O–H groups in total. The van der Waals surface area contributed by atoms with Gasteiger partial charge in [0.2, 0.25) is 0 Å². The van der Waals surface area contributed by atoms with Crippen LogP contribution in [-0.2, 0) is 0 Å². The average molecular weight is 412 g/mol. The van der Waals surface area contributed by atoms with Crippen molar-refractivity contribution in [1.29, 1.82) is 0 Å². The lowest BCUT2D eigenvalue weighted by atomic mass is 10.1. The van der Waals surface area contributed by atoms with E-state index in [1.54, 1.807) is 0 Å². The van der Waals surface area contributed by atoms with Gasteiger partial charge in [-0.15, -0.1) is 0 Å². The molecule has 0 saturated carbocycles. The topological polar surface area (TPSA) is 0 Å². The van der Waals surface area contributed by atoms with Crippen LogP contribution in [0.2, 0.25) is 0 Å². The summed E-state index contributed by atoms with van der Waals surface area (Å²) in [6.45, 7) is 13.2. The second-order valence-electron chi connectivity index (χ2n) is 9.12. The smallest absolute Gasteiger partial charge is 0.0784 e. The van der Waals surface area contributed by atoms with Gasteiger partial charge < -0.3 is 33.8 Å². The third-order valence-electron chi connectivity index (χ3n) is 6.39. The van der Waals surface area contributed by atoms with Crippen LogP contribution in [0, 0.1) is 0 Å². The SMILES string of the molecule is CCCCC[N+]1(C)CCCCC1.CCCCC[N+]1(C)CCCCC1.[Cl-].[Cl-]. The van der Waals surface area contributed by atoms with Crippen molar-refractivity contribution in [2.45, 2.75) is 90.9 Å². The lowest BCUT2D eigenvalue weighted by Crippen LogP contribution is -3.00. The molecule has 0 radical (unpaired) electrons. The van der Waals surface area contributed by atoms with Crippen molar-refractivity contribution < 1.29 is 33.8 Å². The summed E-state index contributed by atoms with van der Waals surface area (Å²) in [7, 11) is 4.88. The van der Waals surface area contributed by atoms with E-state index in [0.29, 0.717) is 0 Å². The van der Waals surface area contributed by atoms with Gasteiger partial charge in [-0.3, -0.25) is 0 Å². The summed E-state index contributed by atoms with van der Waals surface area (Å²) in [4.78, 5) is 0. The highest BCUT2D eigenvalue weighted by atomic mass is 35.5. The van der Waals surface area contributed by atoms with E-state index in [2.05, 4.69) is 27.9 Å². The second kappa shape index (κ2) is 16.5. The summed E-state index contributed by atoms with van der Waals surface area (Å²) in [6.07, 6.45) is 17.2. The minimum absolute atomic E-state index is 0. The third kappa shape index (κ3) is 12.8. The van der Waals surface area contributed by atoms with E-state index in [0.717, 1.165) is 0 Å². The lowest BCUT2D eigenvalue weighted by Gasteiger charge is -2.37. The van der Waals surface area contributed by atoms with Crippen LogP contribution in [0.5, 0.6) is 0 Å². The highest BCUT2D eigenvalue weighted by molar-refractivity contribution is 4.52. The van der Waals surface area contributed by atoms with E-state index in [4.69, 9.17) is 0 Å². The van der Waals surface area contributed by atoms with Crippen LogP contribution in [0.4, 0.5) is 0 Å². The van der Waals surface area contributed by atoms with Gasteiger partial charge >= 0.3 is 0 Å². The zero-order valence-electron chi connectivity index (χ0n) is 18.4. The first kappa shape index (κ1) is 28.7. The fourth-order valence-electron chi connectivity index (χ4n) is 4.49. The van der Waals surface area contributed by atoms with Crippen LogP contribution in [0.15, 0.2) is 0 Å². The predicted molar refractivity (Wildman–Crippen MR) is 108 cm³/mol. The molecule has 160 valence electrons. The number of nitrogens with zero attached hydrogens (tertiary/aromatic N) is 2. The van der Waals surface area contributed by atoms with Gasteiger partial charge in [0, 0.05) is 0 Å². The summed E-state index contributed by atoms with van der Waals surface area (Å²) in [6, 6.07) is 0. The number of hydrogen-bond acceptors (Lipinski definition) is 0. The molecule has 2 aliphatic rings. The number of rotatable bonds is 8. The number of unbranched alkanes of at least 4 members (excludes halogenated alkanes) is 4. The van der Waals surface area contributed by atoms with E-state index >= 15 is 0 Å². The minimum Gasteiger partial charge on any atom is -1.00 e. The highest BCUT2D eigenvalue weighted by Crippen LogP contribution is 2.18. The van der Waals surface area contributed by atoms with Gasteiger partial charge in [-0.25, -0.2) is 0 Å². The van der Waals surface area contributed by atoms with Gasteiger partial charge in [0.25, 0.3) is 0 Å². The molecule has 0 atom stereocenters. The monoisotopic (exact) mass is 410 g/mol. The maximum Gasteiger partial charge on any atom is 0.0784 e. The van der Waals surface area contributed by atoms with Crippen LogP contribution >= 0.6 is 0 Å². The molecule has 0 aliphatic carbocycles. The molecular weight excluding hydrogens is 363 g/mol. The largest absolute Gasteiger partial charge is 1.00 e. The van der Waals surface area contributed by atoms with Crippen molar-refractivity contribution in [1.82, 2.24) is 0 Å². The van der Waals surface area contributed by atoms with E-state index in [1.165, 1.54) is 125 Å². The number of likely N-dealkylation sites (tertiary alicyclic amines) is 2. The van der Waals surface area contributed by atoms with Crippen molar-refractivity contribution in [3.8, 4) is 0 Å².